The summed E-state index contributed by atoms with van der Waals surface area (Å²) in [5.74, 6) is 5.61. The predicted octanol–water partition coefficient (Wildman–Crippen LogP) is 30.5. The minimum absolute atomic E-state index is 0.507. The van der Waals surface area contributed by atoms with E-state index in [9.17, 15) is 0 Å². The van der Waals surface area contributed by atoms with Crippen LogP contribution in [0.1, 0.15) is 169 Å². The lowest BCUT2D eigenvalue weighted by molar-refractivity contribution is 0.233. The van der Waals surface area contributed by atoms with Crippen molar-refractivity contribution in [1.82, 2.24) is 0 Å². The molecule has 0 saturated carbocycles. The summed E-state index contributed by atoms with van der Waals surface area (Å²) in [6.45, 7) is 21.1. The molecule has 550 valence electrons. The molecule has 0 amide bonds. The van der Waals surface area contributed by atoms with E-state index in [1.807, 2.05) is 0 Å². The molecule has 0 N–H and O–H groups in total. The van der Waals surface area contributed by atoms with Gasteiger partial charge in [0.15, 0.2) is 0 Å². The van der Waals surface area contributed by atoms with Crippen molar-refractivity contribution in [2.75, 3.05) is 26.4 Å². The molecule has 0 heterocycles. The van der Waals surface area contributed by atoms with E-state index in [1.165, 1.54) is 88.2 Å². The summed E-state index contributed by atoms with van der Waals surface area (Å²) in [6.07, 6.45) is 18.7. The van der Waals surface area contributed by atoms with Crippen molar-refractivity contribution in [3.8, 4) is 134 Å². The Morgan fingerprint density at radius 3 is 0.698 bits per heavy atom. The van der Waals surface area contributed by atoms with E-state index in [2.05, 4.69) is 330 Å². The molecule has 4 atom stereocenters. The fraction of sp³-hybridized carbons (Fsp3) is 0.340. The molecule has 0 aliphatic carbocycles. The van der Waals surface area contributed by atoms with Gasteiger partial charge in [0.05, 0.1) is 26.4 Å². The topological polar surface area (TPSA) is 36.9 Å². The van der Waals surface area contributed by atoms with Gasteiger partial charge in [-0.25, -0.2) is 0 Å². The van der Waals surface area contributed by atoms with Crippen molar-refractivity contribution in [1.29, 1.82) is 0 Å². The maximum atomic E-state index is 6.71. The van der Waals surface area contributed by atoms with E-state index in [1.54, 1.807) is 0 Å². The molecule has 4 nitrogen and oxygen atoms in total. The van der Waals surface area contributed by atoms with Crippen molar-refractivity contribution in [2.45, 2.75) is 169 Å². The Labute approximate surface area is 653 Å². The van der Waals surface area contributed by atoms with Gasteiger partial charge in [0.2, 0.25) is 0 Å². The highest BCUT2D eigenvalue weighted by atomic mass is 79.9. The van der Waals surface area contributed by atoms with E-state index in [0.29, 0.717) is 60.8 Å². The van der Waals surface area contributed by atoms with Gasteiger partial charge in [-0.05, 0) is 245 Å². The summed E-state index contributed by atoms with van der Waals surface area (Å²) in [4.78, 5) is 0. The molecular formula is C100H112Br2O4. The lowest BCUT2D eigenvalue weighted by atomic mass is 9.76. The number of benzene rings is 11. The van der Waals surface area contributed by atoms with Crippen molar-refractivity contribution in [2.24, 2.45) is 23.7 Å². The minimum atomic E-state index is 0.507. The standard InChI is InChI=1S/C100H112Br2O4/c1-9-17-33-71(13-5)67-103-85-53-45-79(46-54-85)95-91(75-37-25-21-26-38-75)63-93(97(77-41-29-23-30-42-77)99(95)81-49-57-87(58-50-81)105-69-73(15-7)35-19-11-3)89-61-84(66-102)90(62-83(89)65-101)94-64-92(76-39-27-22-28-40-76)96(80-47-55-86(56-48-80)104-68-72(14-6)34-18-10-2)100(98(94)78-43-31-24-32-44-78)82-51-59-88(60-52-82)106-70-74(16-8)36-20-12-4/h21-32,37-64,71-74H,9-20,33-36,65-70H2,1-8H3. The van der Waals surface area contributed by atoms with E-state index in [-0.39, 0.29) is 0 Å². The number of rotatable bonds is 40. The summed E-state index contributed by atoms with van der Waals surface area (Å²) in [7, 11) is 0. The fourth-order valence-corrected chi connectivity index (χ4v) is 16.1. The predicted molar refractivity (Wildman–Crippen MR) is 461 cm³/mol. The largest absolute Gasteiger partial charge is 0.493 e. The van der Waals surface area contributed by atoms with Crippen LogP contribution in [0.15, 0.2) is 243 Å². The Morgan fingerprint density at radius 2 is 0.462 bits per heavy atom. The molecule has 0 radical (unpaired) electrons. The number of hydrogen-bond donors (Lipinski definition) is 0. The number of hydrogen-bond acceptors (Lipinski definition) is 4. The van der Waals surface area contributed by atoms with Gasteiger partial charge < -0.3 is 18.9 Å². The summed E-state index contributed by atoms with van der Waals surface area (Å²) in [5, 5.41) is 1.18. The van der Waals surface area contributed by atoms with Gasteiger partial charge in [-0.2, -0.15) is 0 Å². The van der Waals surface area contributed by atoms with Crippen LogP contribution in [-0.2, 0) is 10.7 Å². The van der Waals surface area contributed by atoms with Crippen molar-refractivity contribution < 1.29 is 18.9 Å². The zero-order valence-corrected chi connectivity index (χ0v) is 67.5. The smallest absolute Gasteiger partial charge is 0.119 e. The Morgan fingerprint density at radius 1 is 0.236 bits per heavy atom. The average molecular weight is 1540 g/mol. The normalized spacial score (nSPS) is 12.5. The summed E-state index contributed by atoms with van der Waals surface area (Å²) >= 11 is 8.50. The van der Waals surface area contributed by atoms with Gasteiger partial charge in [0.1, 0.15) is 23.0 Å². The van der Waals surface area contributed by atoms with Crippen LogP contribution in [0.3, 0.4) is 0 Å². The SMILES string of the molecule is CCCCC(CC)COc1ccc(-c2c(-c3ccccc3)cc(-c3cc(CBr)c(-c4cc(-c5ccccc5)c(-c5ccc(OCC(CC)CCCC)cc5)c(-c5ccc(OCC(CC)CCCC)cc5)c4-c4ccccc4)cc3CBr)c(-c3ccccc3)c2-c2ccc(OCC(CC)CCCC)cc2)cc1. The molecule has 106 heavy (non-hydrogen) atoms. The van der Waals surface area contributed by atoms with Gasteiger partial charge in [-0.15, -0.1) is 0 Å². The molecule has 0 bridgehead atoms. The second kappa shape index (κ2) is 40.5. The van der Waals surface area contributed by atoms with Gasteiger partial charge in [0.25, 0.3) is 0 Å². The summed E-state index contributed by atoms with van der Waals surface area (Å²) in [6, 6.07) is 90.2. The monoisotopic (exact) mass is 1530 g/mol. The van der Waals surface area contributed by atoms with E-state index >= 15 is 0 Å². The summed E-state index contributed by atoms with van der Waals surface area (Å²) in [5.41, 5.74) is 25.2. The lowest BCUT2D eigenvalue weighted by Gasteiger charge is -2.27. The molecule has 0 spiro atoms. The van der Waals surface area contributed by atoms with Crippen LogP contribution in [0.25, 0.3) is 111 Å². The van der Waals surface area contributed by atoms with Gasteiger partial charge in [-0.3, -0.25) is 0 Å². The number of halogens is 2. The van der Waals surface area contributed by atoms with Crippen LogP contribution in [0.4, 0.5) is 0 Å². The lowest BCUT2D eigenvalue weighted by Crippen LogP contribution is -2.11. The van der Waals surface area contributed by atoms with Crippen LogP contribution in [-0.4, -0.2) is 26.4 Å². The zero-order valence-electron chi connectivity index (χ0n) is 64.3. The molecule has 0 aliphatic rings. The van der Waals surface area contributed by atoms with E-state index < -0.39 is 0 Å². The molecular weight excluding hydrogens is 1420 g/mol. The Bertz CT molecular complexity index is 4170. The molecule has 4 unspecified atom stereocenters. The highest BCUT2D eigenvalue weighted by Gasteiger charge is 2.30. The van der Waals surface area contributed by atoms with E-state index in [0.717, 1.165) is 160 Å². The third kappa shape index (κ3) is 19.8. The van der Waals surface area contributed by atoms with Crippen LogP contribution in [0, 0.1) is 23.7 Å². The van der Waals surface area contributed by atoms with E-state index in [4.69, 9.17) is 18.9 Å². The van der Waals surface area contributed by atoms with Crippen LogP contribution in [0.5, 0.6) is 23.0 Å². The minimum Gasteiger partial charge on any atom is -0.493 e. The zero-order chi connectivity index (χ0) is 74.0. The number of ether oxygens (including phenoxy) is 4. The highest BCUT2D eigenvalue weighted by Crippen LogP contribution is 2.55. The van der Waals surface area contributed by atoms with Gasteiger partial charge in [0, 0.05) is 10.7 Å². The molecule has 11 aromatic rings. The Kier molecular flexibility index (Phi) is 30.1. The Hall–Kier alpha value is -8.42. The maximum absolute atomic E-state index is 6.71. The first-order valence-corrected chi connectivity index (χ1v) is 42.2. The highest BCUT2D eigenvalue weighted by molar-refractivity contribution is 9.08. The van der Waals surface area contributed by atoms with Crippen molar-refractivity contribution in [3.63, 3.8) is 0 Å². The van der Waals surface area contributed by atoms with Crippen LogP contribution >= 0.6 is 31.9 Å². The average Bonchev–Trinajstić information content (AvgIpc) is 0.721. The van der Waals surface area contributed by atoms with Crippen molar-refractivity contribution in [3.05, 3.63) is 254 Å². The third-order valence-electron chi connectivity index (χ3n) is 21.8. The number of unbranched alkanes of at least 4 members (excludes halogenated alkanes) is 4. The summed E-state index contributed by atoms with van der Waals surface area (Å²) < 4.78 is 26.7. The van der Waals surface area contributed by atoms with Crippen LogP contribution < -0.4 is 18.9 Å². The number of alkyl halides is 2. The first-order chi connectivity index (χ1) is 52.2. The second-order valence-corrected chi connectivity index (χ2v) is 30.2. The van der Waals surface area contributed by atoms with Crippen molar-refractivity contribution >= 4 is 31.9 Å². The maximum Gasteiger partial charge on any atom is 0.119 e. The molecule has 6 heteroatoms. The Balaban J connectivity index is 1.18. The molecule has 0 fully saturated rings. The quantitative estimate of drug-likeness (QED) is 0.0359. The first kappa shape index (κ1) is 78.6. The second-order valence-electron chi connectivity index (χ2n) is 29.1. The third-order valence-corrected chi connectivity index (χ3v) is 23.0. The molecule has 0 aromatic heterocycles. The van der Waals surface area contributed by atoms with Gasteiger partial charge in [-0.1, -0.05) is 334 Å². The fourth-order valence-electron chi connectivity index (χ4n) is 15.2. The molecule has 0 saturated heterocycles. The molecule has 0 aliphatic heterocycles. The molecule has 11 aromatic carbocycles. The van der Waals surface area contributed by atoms with Crippen LogP contribution in [0.2, 0.25) is 0 Å². The first-order valence-electron chi connectivity index (χ1n) is 40.0. The van der Waals surface area contributed by atoms with Gasteiger partial charge >= 0.3 is 0 Å². The molecule has 11 rings (SSSR count).